The molecule has 1 aromatic rings. The van der Waals surface area contributed by atoms with Crippen LogP contribution >= 0.6 is 11.8 Å². The van der Waals surface area contributed by atoms with E-state index in [9.17, 15) is 8.42 Å². The molecule has 1 aromatic carbocycles. The molecule has 0 amide bonds. The van der Waals surface area contributed by atoms with Crippen LogP contribution in [-0.2, 0) is 16.4 Å². The number of nitrogens with one attached hydrogen (secondary N) is 1. The van der Waals surface area contributed by atoms with Crippen LogP contribution in [0.4, 0.5) is 0 Å². The number of fused-ring (bicyclic) bond motifs is 1. The van der Waals surface area contributed by atoms with Gasteiger partial charge in [0.1, 0.15) is 0 Å². The van der Waals surface area contributed by atoms with E-state index in [0.717, 1.165) is 16.9 Å². The molecule has 0 spiro atoms. The van der Waals surface area contributed by atoms with E-state index in [0.29, 0.717) is 11.4 Å². The Hall–Kier alpha value is -0.520. The van der Waals surface area contributed by atoms with Crippen molar-refractivity contribution in [2.75, 3.05) is 12.8 Å². The standard InChI is InChI=1S/C9H11NO2S2/c1-13-8-2-3-9-7(6-8)4-5-10-14(9,11)12/h2-3,6,10H,4-5H2,1H3. The maximum Gasteiger partial charge on any atom is 0.240 e. The molecule has 1 heterocycles. The van der Waals surface area contributed by atoms with E-state index in [1.54, 1.807) is 17.8 Å². The molecule has 0 radical (unpaired) electrons. The number of thioether (sulfide) groups is 1. The van der Waals surface area contributed by atoms with E-state index in [-0.39, 0.29) is 0 Å². The maximum atomic E-state index is 11.6. The van der Waals surface area contributed by atoms with Crippen molar-refractivity contribution in [3.05, 3.63) is 23.8 Å². The summed E-state index contributed by atoms with van der Waals surface area (Å²) in [4.78, 5) is 1.54. The highest BCUT2D eigenvalue weighted by Crippen LogP contribution is 2.25. The van der Waals surface area contributed by atoms with Gasteiger partial charge in [0.05, 0.1) is 4.90 Å². The fourth-order valence-electron chi connectivity index (χ4n) is 1.54. The summed E-state index contributed by atoms with van der Waals surface area (Å²) in [6.07, 6.45) is 2.76. The number of hydrogen-bond acceptors (Lipinski definition) is 3. The summed E-state index contributed by atoms with van der Waals surface area (Å²) < 4.78 is 25.6. The first-order valence-corrected chi connectivity index (χ1v) is 7.01. The molecule has 1 aliphatic rings. The van der Waals surface area contributed by atoms with Crippen molar-refractivity contribution < 1.29 is 8.42 Å². The van der Waals surface area contributed by atoms with E-state index in [1.165, 1.54) is 0 Å². The zero-order valence-corrected chi connectivity index (χ0v) is 9.41. The van der Waals surface area contributed by atoms with Gasteiger partial charge in [-0.2, -0.15) is 0 Å². The molecule has 3 nitrogen and oxygen atoms in total. The largest absolute Gasteiger partial charge is 0.240 e. The number of benzene rings is 1. The molecule has 76 valence electrons. The van der Waals surface area contributed by atoms with Gasteiger partial charge in [-0.05, 0) is 36.4 Å². The topological polar surface area (TPSA) is 46.2 Å². The average molecular weight is 229 g/mol. The quantitative estimate of drug-likeness (QED) is 0.737. The van der Waals surface area contributed by atoms with Crippen molar-refractivity contribution in [1.82, 2.24) is 4.72 Å². The van der Waals surface area contributed by atoms with Crippen molar-refractivity contribution in [3.8, 4) is 0 Å². The van der Waals surface area contributed by atoms with E-state index in [2.05, 4.69) is 4.72 Å². The highest BCUT2D eigenvalue weighted by atomic mass is 32.2. The van der Waals surface area contributed by atoms with Crippen LogP contribution in [0.15, 0.2) is 28.0 Å². The third-order valence-corrected chi connectivity index (χ3v) is 4.53. The summed E-state index contributed by atoms with van der Waals surface area (Å²) in [5, 5.41) is 0. The van der Waals surface area contributed by atoms with Gasteiger partial charge in [0.15, 0.2) is 0 Å². The van der Waals surface area contributed by atoms with Gasteiger partial charge in [0, 0.05) is 11.4 Å². The summed E-state index contributed by atoms with van der Waals surface area (Å²) >= 11 is 1.63. The number of sulfonamides is 1. The number of hydrogen-bond donors (Lipinski definition) is 1. The average Bonchev–Trinajstić information content (AvgIpc) is 2.16. The first-order chi connectivity index (χ1) is 6.63. The Bertz CT molecular complexity index is 454. The van der Waals surface area contributed by atoms with Crippen LogP contribution in [-0.4, -0.2) is 21.2 Å². The van der Waals surface area contributed by atoms with Gasteiger partial charge in [0.2, 0.25) is 10.0 Å². The molecule has 14 heavy (non-hydrogen) atoms. The van der Waals surface area contributed by atoms with Crippen LogP contribution in [0, 0.1) is 0 Å². The lowest BCUT2D eigenvalue weighted by Crippen LogP contribution is -2.31. The summed E-state index contributed by atoms with van der Waals surface area (Å²) in [7, 11) is -3.23. The predicted molar refractivity (Wildman–Crippen MR) is 57.1 cm³/mol. The van der Waals surface area contributed by atoms with Gasteiger partial charge < -0.3 is 0 Å². The molecule has 5 heteroatoms. The fourth-order valence-corrected chi connectivity index (χ4v) is 3.28. The Kier molecular flexibility index (Phi) is 2.55. The van der Waals surface area contributed by atoms with Gasteiger partial charge in [-0.15, -0.1) is 11.8 Å². The minimum Gasteiger partial charge on any atom is -0.211 e. The van der Waals surface area contributed by atoms with E-state index in [4.69, 9.17) is 0 Å². The van der Waals surface area contributed by atoms with Crippen molar-refractivity contribution in [2.24, 2.45) is 0 Å². The molecule has 0 saturated carbocycles. The van der Waals surface area contributed by atoms with Gasteiger partial charge in [-0.3, -0.25) is 0 Å². The highest BCUT2D eigenvalue weighted by Gasteiger charge is 2.22. The van der Waals surface area contributed by atoms with Crippen molar-refractivity contribution >= 4 is 21.8 Å². The Morgan fingerprint density at radius 3 is 2.93 bits per heavy atom. The Balaban J connectivity index is 2.58. The van der Waals surface area contributed by atoms with Crippen LogP contribution in [0.1, 0.15) is 5.56 Å². The smallest absolute Gasteiger partial charge is 0.211 e. The van der Waals surface area contributed by atoms with E-state index in [1.807, 2.05) is 18.4 Å². The lowest BCUT2D eigenvalue weighted by molar-refractivity contribution is 0.573. The van der Waals surface area contributed by atoms with Crippen LogP contribution in [0.5, 0.6) is 0 Å². The summed E-state index contributed by atoms with van der Waals surface area (Å²) in [5.41, 5.74) is 0.926. The molecule has 0 unspecified atom stereocenters. The van der Waals surface area contributed by atoms with Gasteiger partial charge in [-0.25, -0.2) is 13.1 Å². The summed E-state index contributed by atoms with van der Waals surface area (Å²) in [6.45, 7) is 0.507. The van der Waals surface area contributed by atoms with Crippen molar-refractivity contribution in [3.63, 3.8) is 0 Å². The van der Waals surface area contributed by atoms with Gasteiger partial charge in [0.25, 0.3) is 0 Å². The molecule has 1 N–H and O–H groups in total. The number of rotatable bonds is 1. The van der Waals surface area contributed by atoms with Gasteiger partial charge >= 0.3 is 0 Å². The minimum atomic E-state index is -3.23. The molecule has 0 aliphatic carbocycles. The Morgan fingerprint density at radius 2 is 2.21 bits per heavy atom. The molecule has 2 rings (SSSR count). The van der Waals surface area contributed by atoms with Crippen LogP contribution < -0.4 is 4.72 Å². The fraction of sp³-hybridized carbons (Fsp3) is 0.333. The second-order valence-electron chi connectivity index (χ2n) is 3.12. The lowest BCUT2D eigenvalue weighted by Gasteiger charge is -2.17. The molecule has 0 bridgehead atoms. The molecular weight excluding hydrogens is 218 g/mol. The summed E-state index contributed by atoms with van der Waals surface area (Å²) in [5.74, 6) is 0. The van der Waals surface area contributed by atoms with E-state index >= 15 is 0 Å². The maximum absolute atomic E-state index is 11.6. The van der Waals surface area contributed by atoms with Crippen LogP contribution in [0.25, 0.3) is 0 Å². The van der Waals surface area contributed by atoms with Crippen molar-refractivity contribution in [2.45, 2.75) is 16.2 Å². The third-order valence-electron chi connectivity index (χ3n) is 2.24. The highest BCUT2D eigenvalue weighted by molar-refractivity contribution is 7.98. The molecular formula is C9H11NO2S2. The van der Waals surface area contributed by atoms with E-state index < -0.39 is 10.0 Å². The molecule has 0 saturated heterocycles. The Labute approximate surface area is 88.0 Å². The monoisotopic (exact) mass is 229 g/mol. The third kappa shape index (κ3) is 1.67. The normalized spacial score (nSPS) is 18.9. The lowest BCUT2D eigenvalue weighted by atomic mass is 10.1. The predicted octanol–water partition coefficient (Wildman–Crippen LogP) is 1.24. The van der Waals surface area contributed by atoms with Crippen molar-refractivity contribution in [1.29, 1.82) is 0 Å². The molecule has 1 aliphatic heterocycles. The zero-order chi connectivity index (χ0) is 10.2. The first kappa shape index (κ1) is 10.0. The SMILES string of the molecule is CSc1ccc2c(c1)CCNS2(=O)=O. The first-order valence-electron chi connectivity index (χ1n) is 4.30. The Morgan fingerprint density at radius 1 is 1.43 bits per heavy atom. The molecule has 0 atom stereocenters. The molecule has 0 aromatic heterocycles. The van der Waals surface area contributed by atoms with Gasteiger partial charge in [-0.1, -0.05) is 0 Å². The molecule has 0 fully saturated rings. The van der Waals surface area contributed by atoms with Crippen LogP contribution in [0.2, 0.25) is 0 Å². The second-order valence-corrected chi connectivity index (χ2v) is 5.74. The minimum absolute atomic E-state index is 0.432. The second kappa shape index (κ2) is 3.56. The van der Waals surface area contributed by atoms with Crippen LogP contribution in [0.3, 0.4) is 0 Å². The summed E-state index contributed by atoms with van der Waals surface area (Å²) in [6, 6.07) is 5.48. The zero-order valence-electron chi connectivity index (χ0n) is 7.78.